The van der Waals surface area contributed by atoms with Gasteiger partial charge in [0.1, 0.15) is 5.69 Å². The molecule has 0 radical (unpaired) electrons. The van der Waals surface area contributed by atoms with Gasteiger partial charge in [-0.3, -0.25) is 14.4 Å². The number of carbonyl (C=O) groups excluding carboxylic acids is 1. The van der Waals surface area contributed by atoms with E-state index in [1.807, 2.05) is 0 Å². The van der Waals surface area contributed by atoms with Gasteiger partial charge in [-0.2, -0.15) is 0 Å². The molecule has 0 bridgehead atoms. The minimum atomic E-state index is -0.389. The third kappa shape index (κ3) is 2.16. The van der Waals surface area contributed by atoms with Crippen LogP contribution >= 0.6 is 0 Å². The van der Waals surface area contributed by atoms with E-state index in [9.17, 15) is 9.59 Å². The van der Waals surface area contributed by atoms with E-state index >= 15 is 0 Å². The van der Waals surface area contributed by atoms with E-state index in [1.54, 1.807) is 0 Å². The molecule has 1 amide bonds. The number of pyridine rings is 1. The van der Waals surface area contributed by atoms with Crippen molar-refractivity contribution in [3.05, 3.63) is 34.2 Å². The average molecular weight is 182 g/mol. The molecule has 0 spiro atoms. The third-order valence-corrected chi connectivity index (χ3v) is 1.56. The van der Waals surface area contributed by atoms with Gasteiger partial charge in [0.15, 0.2) is 0 Å². The maximum atomic E-state index is 11.4. The number of rotatable bonds is 2. The first-order valence-electron chi connectivity index (χ1n) is 3.66. The van der Waals surface area contributed by atoms with Crippen molar-refractivity contribution in [1.29, 1.82) is 0 Å². The Kier molecular flexibility index (Phi) is 2.81. The summed E-state index contributed by atoms with van der Waals surface area (Å²) in [6, 6.07) is 4.36. The minimum Gasteiger partial charge on any atom is -0.318 e. The predicted molar refractivity (Wildman–Crippen MR) is 46.2 cm³/mol. The van der Waals surface area contributed by atoms with E-state index in [1.165, 1.54) is 32.4 Å². The van der Waals surface area contributed by atoms with Gasteiger partial charge in [-0.05, 0) is 6.07 Å². The van der Waals surface area contributed by atoms with Gasteiger partial charge in [-0.15, -0.1) is 0 Å². The number of amides is 1. The zero-order valence-electron chi connectivity index (χ0n) is 7.40. The van der Waals surface area contributed by atoms with Crippen LogP contribution in [-0.2, 0) is 4.84 Å². The molecule has 1 heterocycles. The monoisotopic (exact) mass is 182 g/mol. The summed E-state index contributed by atoms with van der Waals surface area (Å²) in [6.07, 6.45) is 0. The van der Waals surface area contributed by atoms with Crippen LogP contribution in [-0.4, -0.2) is 30.1 Å². The molecule has 0 fully saturated rings. The number of hydrogen-bond donors (Lipinski definition) is 1. The molecule has 1 N–H and O–H groups in total. The van der Waals surface area contributed by atoms with Crippen LogP contribution in [0.15, 0.2) is 23.0 Å². The molecule has 5 heteroatoms. The number of hydrogen-bond acceptors (Lipinski definition) is 3. The quantitative estimate of drug-likeness (QED) is 0.655. The SMILES string of the molecule is CON(C)C(=O)c1cccc(=O)[nH]1. The molecule has 0 saturated heterocycles. The molecule has 1 aromatic rings. The highest BCUT2D eigenvalue weighted by molar-refractivity contribution is 5.91. The molecular formula is C8H10N2O3. The van der Waals surface area contributed by atoms with E-state index < -0.39 is 0 Å². The summed E-state index contributed by atoms with van der Waals surface area (Å²) in [5.41, 5.74) is -0.104. The van der Waals surface area contributed by atoms with E-state index in [2.05, 4.69) is 9.82 Å². The Morgan fingerprint density at radius 2 is 2.23 bits per heavy atom. The first-order valence-corrected chi connectivity index (χ1v) is 3.66. The van der Waals surface area contributed by atoms with Crippen molar-refractivity contribution in [2.24, 2.45) is 0 Å². The van der Waals surface area contributed by atoms with Crippen molar-refractivity contribution in [1.82, 2.24) is 10.0 Å². The van der Waals surface area contributed by atoms with E-state index in [4.69, 9.17) is 0 Å². The van der Waals surface area contributed by atoms with Gasteiger partial charge >= 0.3 is 0 Å². The molecule has 0 aliphatic carbocycles. The van der Waals surface area contributed by atoms with Gasteiger partial charge in [0.25, 0.3) is 5.91 Å². The number of H-pyrrole nitrogens is 1. The molecule has 70 valence electrons. The van der Waals surface area contributed by atoms with Crippen molar-refractivity contribution < 1.29 is 9.63 Å². The lowest BCUT2D eigenvalue weighted by Gasteiger charge is -2.12. The fourth-order valence-electron chi connectivity index (χ4n) is 0.825. The molecule has 1 aromatic heterocycles. The molecular weight excluding hydrogens is 172 g/mol. The van der Waals surface area contributed by atoms with Gasteiger partial charge in [-0.25, -0.2) is 5.06 Å². The van der Waals surface area contributed by atoms with E-state index in [-0.39, 0.29) is 17.2 Å². The maximum Gasteiger partial charge on any atom is 0.293 e. The van der Waals surface area contributed by atoms with Crippen LogP contribution in [0.2, 0.25) is 0 Å². The van der Waals surface area contributed by atoms with Gasteiger partial charge < -0.3 is 4.98 Å². The topological polar surface area (TPSA) is 62.4 Å². The van der Waals surface area contributed by atoms with Gasteiger partial charge in [0, 0.05) is 13.1 Å². The molecule has 5 nitrogen and oxygen atoms in total. The largest absolute Gasteiger partial charge is 0.318 e. The lowest BCUT2D eigenvalue weighted by molar-refractivity contribution is -0.0760. The number of hydroxylamine groups is 2. The summed E-state index contributed by atoms with van der Waals surface area (Å²) in [5, 5.41) is 1.03. The molecule has 0 atom stereocenters. The second-order valence-corrected chi connectivity index (χ2v) is 2.41. The van der Waals surface area contributed by atoms with Crippen LogP contribution in [0.3, 0.4) is 0 Å². The highest BCUT2D eigenvalue weighted by atomic mass is 16.7. The molecule has 0 saturated carbocycles. The zero-order valence-corrected chi connectivity index (χ0v) is 7.40. The van der Waals surface area contributed by atoms with Crippen LogP contribution in [0.5, 0.6) is 0 Å². The fraction of sp³-hybridized carbons (Fsp3) is 0.250. The Labute approximate surface area is 74.9 Å². The van der Waals surface area contributed by atoms with Crippen LogP contribution in [0.25, 0.3) is 0 Å². The Morgan fingerprint density at radius 3 is 2.77 bits per heavy atom. The third-order valence-electron chi connectivity index (χ3n) is 1.56. The van der Waals surface area contributed by atoms with Crippen molar-refractivity contribution >= 4 is 5.91 Å². The van der Waals surface area contributed by atoms with Gasteiger partial charge in [0.05, 0.1) is 7.11 Å². The Balaban J connectivity index is 2.95. The van der Waals surface area contributed by atoms with Crippen molar-refractivity contribution in [3.63, 3.8) is 0 Å². The average Bonchev–Trinajstić information content (AvgIpc) is 2.15. The molecule has 0 unspecified atom stereocenters. The highest BCUT2D eigenvalue weighted by Crippen LogP contribution is 1.96. The molecule has 1 rings (SSSR count). The Hall–Kier alpha value is -1.62. The minimum absolute atomic E-state index is 0.205. The van der Waals surface area contributed by atoms with E-state index in [0.717, 1.165) is 5.06 Å². The van der Waals surface area contributed by atoms with Gasteiger partial charge in [-0.1, -0.05) is 6.07 Å². The zero-order chi connectivity index (χ0) is 9.84. The van der Waals surface area contributed by atoms with Crippen molar-refractivity contribution in [3.8, 4) is 0 Å². The summed E-state index contributed by atoms with van der Waals surface area (Å²) < 4.78 is 0. The number of nitrogens with zero attached hydrogens (tertiary/aromatic N) is 1. The van der Waals surface area contributed by atoms with Crippen molar-refractivity contribution in [2.45, 2.75) is 0 Å². The second kappa shape index (κ2) is 3.86. The van der Waals surface area contributed by atoms with Crippen LogP contribution in [0.1, 0.15) is 10.5 Å². The highest BCUT2D eigenvalue weighted by Gasteiger charge is 2.10. The Bertz CT molecular complexity index is 358. The van der Waals surface area contributed by atoms with E-state index in [0.29, 0.717) is 0 Å². The summed E-state index contributed by atoms with van der Waals surface area (Å²) in [7, 11) is 2.84. The maximum absolute atomic E-state index is 11.4. The van der Waals surface area contributed by atoms with Crippen molar-refractivity contribution in [2.75, 3.05) is 14.2 Å². The van der Waals surface area contributed by atoms with Gasteiger partial charge in [0.2, 0.25) is 5.56 Å². The summed E-state index contributed by atoms with van der Waals surface area (Å²) >= 11 is 0. The number of aromatic amines is 1. The lowest BCUT2D eigenvalue weighted by atomic mass is 10.3. The smallest absolute Gasteiger partial charge is 0.293 e. The van der Waals surface area contributed by atoms with Crippen LogP contribution in [0, 0.1) is 0 Å². The molecule has 0 aliphatic heterocycles. The number of nitrogens with one attached hydrogen (secondary N) is 1. The lowest BCUT2D eigenvalue weighted by Crippen LogP contribution is -2.27. The molecule has 0 aromatic carbocycles. The summed E-state index contributed by atoms with van der Waals surface area (Å²) in [6.45, 7) is 0. The van der Waals surface area contributed by atoms with Crippen LogP contribution < -0.4 is 5.56 Å². The normalized spacial score (nSPS) is 9.69. The first kappa shape index (κ1) is 9.47. The molecule has 0 aliphatic rings. The molecule has 13 heavy (non-hydrogen) atoms. The fourth-order valence-corrected chi connectivity index (χ4v) is 0.825. The second-order valence-electron chi connectivity index (χ2n) is 2.41. The number of aromatic nitrogens is 1. The van der Waals surface area contributed by atoms with Crippen LogP contribution in [0.4, 0.5) is 0 Å². The predicted octanol–water partition coefficient (Wildman–Crippen LogP) is 0.00830. The standard InChI is InChI=1S/C8H10N2O3/c1-10(13-2)8(12)6-4-3-5-7(11)9-6/h3-5H,1-2H3,(H,9,11). The first-order chi connectivity index (χ1) is 6.15. The summed E-state index contributed by atoms with van der Waals surface area (Å²) in [4.78, 5) is 29.3. The Morgan fingerprint density at radius 1 is 1.54 bits per heavy atom. The summed E-state index contributed by atoms with van der Waals surface area (Å²) in [5.74, 6) is -0.389. The number of carbonyl (C=O) groups is 1.